The molecule has 0 radical (unpaired) electrons. The van der Waals surface area contributed by atoms with E-state index in [1.54, 1.807) is 6.92 Å². The molecule has 0 aromatic heterocycles. The molecule has 1 heterocycles. The third kappa shape index (κ3) is 4.72. The zero-order valence-corrected chi connectivity index (χ0v) is 13.9. The Kier molecular flexibility index (Phi) is 6.04. The lowest BCUT2D eigenvalue weighted by Gasteiger charge is -2.27. The molecule has 0 spiro atoms. The van der Waals surface area contributed by atoms with E-state index < -0.39 is 17.3 Å². The lowest BCUT2D eigenvalue weighted by molar-refractivity contribution is -0.146. The number of hydrogen-bond donors (Lipinski definition) is 2. The van der Waals surface area contributed by atoms with Crippen LogP contribution in [-0.4, -0.2) is 41.4 Å². The molecule has 1 aromatic carbocycles. The van der Waals surface area contributed by atoms with Crippen molar-refractivity contribution in [3.63, 3.8) is 0 Å². The van der Waals surface area contributed by atoms with E-state index in [0.29, 0.717) is 5.75 Å². The zero-order chi connectivity index (χ0) is 16.8. The third-order valence-electron chi connectivity index (χ3n) is 3.43. The predicted octanol–water partition coefficient (Wildman–Crippen LogP) is 1.49. The van der Waals surface area contributed by atoms with E-state index >= 15 is 0 Å². The van der Waals surface area contributed by atoms with Crippen LogP contribution >= 0.6 is 11.8 Å². The lowest BCUT2D eigenvalue weighted by atomic mass is 10.2. The summed E-state index contributed by atoms with van der Waals surface area (Å²) in [5.74, 6) is -0.552. The van der Waals surface area contributed by atoms with Crippen molar-refractivity contribution in [2.45, 2.75) is 31.6 Å². The highest BCUT2D eigenvalue weighted by atomic mass is 32.2. The summed E-state index contributed by atoms with van der Waals surface area (Å²) in [6.07, 6.45) is 0.0698. The van der Waals surface area contributed by atoms with Crippen LogP contribution < -0.4 is 10.6 Å². The summed E-state index contributed by atoms with van der Waals surface area (Å²) in [6.45, 7) is 3.90. The maximum Gasteiger partial charge on any atom is 0.329 e. The Hall–Kier alpha value is -2.02. The van der Waals surface area contributed by atoms with E-state index in [1.165, 1.54) is 11.8 Å². The van der Waals surface area contributed by atoms with Crippen molar-refractivity contribution < 1.29 is 19.1 Å². The first kappa shape index (κ1) is 17.3. The van der Waals surface area contributed by atoms with Crippen molar-refractivity contribution >= 4 is 35.2 Å². The first-order valence-corrected chi connectivity index (χ1v) is 8.50. The van der Waals surface area contributed by atoms with Crippen LogP contribution in [0.1, 0.15) is 18.9 Å². The van der Waals surface area contributed by atoms with E-state index in [9.17, 15) is 14.4 Å². The van der Waals surface area contributed by atoms with E-state index in [4.69, 9.17) is 4.74 Å². The summed E-state index contributed by atoms with van der Waals surface area (Å²) in [6, 6.07) is 6.82. The molecule has 1 aromatic rings. The second-order valence-corrected chi connectivity index (χ2v) is 6.44. The van der Waals surface area contributed by atoms with Gasteiger partial charge in [-0.25, -0.2) is 4.79 Å². The van der Waals surface area contributed by atoms with Gasteiger partial charge in [0, 0.05) is 17.9 Å². The highest BCUT2D eigenvalue weighted by Gasteiger charge is 2.34. The van der Waals surface area contributed by atoms with Gasteiger partial charge in [-0.05, 0) is 25.5 Å². The maximum atomic E-state index is 12.1. The molecule has 0 aliphatic carbocycles. The third-order valence-corrected chi connectivity index (χ3v) is 4.74. The van der Waals surface area contributed by atoms with E-state index in [2.05, 4.69) is 10.6 Å². The van der Waals surface area contributed by atoms with Crippen molar-refractivity contribution in [1.82, 2.24) is 5.32 Å². The first-order valence-electron chi connectivity index (χ1n) is 7.45. The van der Waals surface area contributed by atoms with Gasteiger partial charge in [0.1, 0.15) is 6.04 Å². The minimum atomic E-state index is -0.636. The number of esters is 1. The van der Waals surface area contributed by atoms with E-state index in [0.717, 1.165) is 11.3 Å². The molecule has 0 saturated carbocycles. The van der Waals surface area contributed by atoms with E-state index in [-0.39, 0.29) is 24.8 Å². The number of aryl methyl sites for hydroxylation is 1. The van der Waals surface area contributed by atoms with Crippen molar-refractivity contribution in [3.05, 3.63) is 29.8 Å². The van der Waals surface area contributed by atoms with Gasteiger partial charge in [0.05, 0.1) is 11.9 Å². The number of carbonyl (C=O) groups excluding carboxylic acids is 3. The van der Waals surface area contributed by atoms with Gasteiger partial charge in [-0.15, -0.1) is 11.8 Å². The number of rotatable bonds is 5. The summed E-state index contributed by atoms with van der Waals surface area (Å²) in [5.41, 5.74) is 1.70. The normalized spacial score (nSPS) is 20.5. The number of thioether (sulfide) groups is 1. The Bertz CT molecular complexity index is 605. The molecular formula is C16H20N2O4S. The van der Waals surface area contributed by atoms with Crippen LogP contribution in [0, 0.1) is 6.92 Å². The second kappa shape index (κ2) is 8.01. The number of carbonyl (C=O) groups is 3. The van der Waals surface area contributed by atoms with Gasteiger partial charge in [0.25, 0.3) is 0 Å². The fraction of sp³-hybridized carbons (Fsp3) is 0.438. The first-order chi connectivity index (χ1) is 11.0. The Morgan fingerprint density at radius 3 is 2.78 bits per heavy atom. The van der Waals surface area contributed by atoms with Crippen LogP contribution in [0.5, 0.6) is 0 Å². The number of para-hydroxylation sites is 1. The Balaban J connectivity index is 1.87. The number of anilines is 1. The fourth-order valence-corrected chi connectivity index (χ4v) is 3.33. The average Bonchev–Trinajstić information content (AvgIpc) is 2.52. The molecular weight excluding hydrogens is 316 g/mol. The molecule has 2 N–H and O–H groups in total. The summed E-state index contributed by atoms with van der Waals surface area (Å²) in [7, 11) is 0. The molecule has 1 aliphatic heterocycles. The Labute approximate surface area is 139 Å². The molecule has 1 aliphatic rings. The molecule has 0 unspecified atom stereocenters. The van der Waals surface area contributed by atoms with Gasteiger partial charge < -0.3 is 15.4 Å². The van der Waals surface area contributed by atoms with Gasteiger partial charge in [0.15, 0.2) is 0 Å². The van der Waals surface area contributed by atoms with Crippen LogP contribution in [0.25, 0.3) is 0 Å². The monoisotopic (exact) mass is 336 g/mol. The number of ether oxygens (including phenoxy) is 1. The summed E-state index contributed by atoms with van der Waals surface area (Å²) < 4.78 is 4.89. The van der Waals surface area contributed by atoms with Gasteiger partial charge >= 0.3 is 5.97 Å². The van der Waals surface area contributed by atoms with Crippen LogP contribution in [0.15, 0.2) is 24.3 Å². The maximum absolute atomic E-state index is 12.1. The number of benzene rings is 1. The predicted molar refractivity (Wildman–Crippen MR) is 89.2 cm³/mol. The molecule has 6 nitrogen and oxygen atoms in total. The topological polar surface area (TPSA) is 84.5 Å². The summed E-state index contributed by atoms with van der Waals surface area (Å²) >= 11 is 1.30. The SMILES string of the molecule is CCOC(=O)[C@H]1CS[C@@H](CC(=O)Nc2ccccc2C)C(=O)N1. The standard InChI is InChI=1S/C16H20N2O4S/c1-3-22-16(21)12-9-23-13(15(20)18-12)8-14(19)17-11-7-5-4-6-10(11)2/h4-7,12-13H,3,8-9H2,1-2H3,(H,17,19)(H,18,20)/t12-,13+/m1/s1. The van der Waals surface area contributed by atoms with Crippen LogP contribution in [-0.2, 0) is 19.1 Å². The van der Waals surface area contributed by atoms with Crippen LogP contribution in [0.3, 0.4) is 0 Å². The van der Waals surface area contributed by atoms with Gasteiger partial charge in [-0.3, -0.25) is 9.59 Å². The number of hydrogen-bond acceptors (Lipinski definition) is 5. The smallest absolute Gasteiger partial charge is 0.329 e. The minimum absolute atomic E-state index is 0.0698. The van der Waals surface area contributed by atoms with Crippen molar-refractivity contribution in [3.8, 4) is 0 Å². The summed E-state index contributed by atoms with van der Waals surface area (Å²) in [5, 5.41) is 4.93. The van der Waals surface area contributed by atoms with Crippen molar-refractivity contribution in [2.75, 3.05) is 17.7 Å². The molecule has 7 heteroatoms. The largest absolute Gasteiger partial charge is 0.464 e. The molecule has 1 saturated heterocycles. The molecule has 0 bridgehead atoms. The van der Waals surface area contributed by atoms with E-state index in [1.807, 2.05) is 31.2 Å². The van der Waals surface area contributed by atoms with Gasteiger partial charge in [0.2, 0.25) is 11.8 Å². The molecule has 1 fully saturated rings. The average molecular weight is 336 g/mol. The highest BCUT2D eigenvalue weighted by Crippen LogP contribution is 2.22. The molecule has 2 rings (SSSR count). The quantitative estimate of drug-likeness (QED) is 0.796. The molecule has 2 atom stereocenters. The zero-order valence-electron chi connectivity index (χ0n) is 13.1. The second-order valence-electron chi connectivity index (χ2n) is 5.20. The van der Waals surface area contributed by atoms with Crippen molar-refractivity contribution in [2.24, 2.45) is 0 Å². The minimum Gasteiger partial charge on any atom is -0.464 e. The van der Waals surface area contributed by atoms with Gasteiger partial charge in [-0.1, -0.05) is 18.2 Å². The highest BCUT2D eigenvalue weighted by molar-refractivity contribution is 8.00. The Morgan fingerprint density at radius 2 is 2.13 bits per heavy atom. The number of amides is 2. The lowest BCUT2D eigenvalue weighted by Crippen LogP contribution is -2.51. The molecule has 124 valence electrons. The van der Waals surface area contributed by atoms with Crippen molar-refractivity contribution in [1.29, 1.82) is 0 Å². The Morgan fingerprint density at radius 1 is 1.39 bits per heavy atom. The van der Waals surface area contributed by atoms with Crippen LogP contribution in [0.2, 0.25) is 0 Å². The van der Waals surface area contributed by atoms with Gasteiger partial charge in [-0.2, -0.15) is 0 Å². The van der Waals surface area contributed by atoms with Crippen LogP contribution in [0.4, 0.5) is 5.69 Å². The number of nitrogens with one attached hydrogen (secondary N) is 2. The summed E-state index contributed by atoms with van der Waals surface area (Å²) in [4.78, 5) is 35.8. The molecule has 23 heavy (non-hydrogen) atoms. The fourth-order valence-electron chi connectivity index (χ4n) is 2.20. The molecule has 2 amide bonds.